The number of hydrogen-bond acceptors (Lipinski definition) is 7. The molecule has 0 radical (unpaired) electrons. The van der Waals surface area contributed by atoms with E-state index in [9.17, 15) is 8.42 Å². The van der Waals surface area contributed by atoms with Crippen molar-refractivity contribution in [1.29, 1.82) is 0 Å². The van der Waals surface area contributed by atoms with Crippen molar-refractivity contribution in [2.45, 2.75) is 57.6 Å². The van der Waals surface area contributed by atoms with Crippen LogP contribution in [-0.2, 0) is 9.84 Å². The van der Waals surface area contributed by atoms with E-state index in [4.69, 9.17) is 0 Å². The van der Waals surface area contributed by atoms with Crippen LogP contribution in [0.4, 0.5) is 0 Å². The number of benzene rings is 1. The summed E-state index contributed by atoms with van der Waals surface area (Å²) < 4.78 is 23.8. The molecular weight excluding hydrogens is 442 g/mol. The smallest absolute Gasteiger partial charge is 0.230 e. The molecule has 0 bridgehead atoms. The number of nitrogens with one attached hydrogen (secondary N) is 2. The zero-order chi connectivity index (χ0) is 25.3. The van der Waals surface area contributed by atoms with Crippen molar-refractivity contribution in [2.24, 2.45) is 0 Å². The highest BCUT2D eigenvalue weighted by atomic mass is 32.2. The van der Waals surface area contributed by atoms with Crippen LogP contribution in [0.1, 0.15) is 41.5 Å². The topological polar surface area (TPSA) is 101 Å². The number of tetrazole rings is 1. The molecule has 32 heavy (non-hydrogen) atoms. The van der Waals surface area contributed by atoms with Gasteiger partial charge in [0.05, 0.1) is 10.6 Å². The number of nitrogens with zero attached hydrogens (tertiary/aromatic N) is 3. The standard InChI is InChI=1S/C9H10N4O2S2.C6H13N.2C3H6.C2H6/c14-17(15,8-4-2-1-3-5-8)7-6-16-9-10-12-13-11-9;1-4-5-6(2)7-3;2*1-3-2;1-2/h1-5H,6-7H2,(H,10,11,12,13);4-7H,1-3H3;2*3H,1H2,2H3;1-2H3/b;5-4-;;;. The van der Waals surface area contributed by atoms with Crippen LogP contribution in [0.5, 0.6) is 0 Å². The lowest BCUT2D eigenvalue weighted by molar-refractivity contribution is 0.597. The Balaban J connectivity index is -0.000000467. The number of aromatic amines is 1. The van der Waals surface area contributed by atoms with Crippen LogP contribution < -0.4 is 5.32 Å². The first kappa shape index (κ1) is 34.4. The third-order valence-electron chi connectivity index (χ3n) is 2.95. The molecule has 182 valence electrons. The molecule has 0 spiro atoms. The number of rotatable bonds is 7. The second kappa shape index (κ2) is 25.0. The molecule has 0 saturated carbocycles. The molecule has 2 rings (SSSR count). The van der Waals surface area contributed by atoms with Crippen LogP contribution in [-0.4, -0.2) is 53.6 Å². The van der Waals surface area contributed by atoms with Crippen molar-refractivity contribution in [1.82, 2.24) is 25.9 Å². The molecule has 1 aromatic carbocycles. The average molecular weight is 484 g/mol. The quantitative estimate of drug-likeness (QED) is 0.404. The molecule has 0 aliphatic heterocycles. The predicted octanol–water partition coefficient (Wildman–Crippen LogP) is 5.35. The molecule has 1 unspecified atom stereocenters. The Morgan fingerprint density at radius 2 is 1.66 bits per heavy atom. The molecule has 2 N–H and O–H groups in total. The monoisotopic (exact) mass is 483 g/mol. The van der Waals surface area contributed by atoms with Gasteiger partial charge in [0.25, 0.3) is 0 Å². The van der Waals surface area contributed by atoms with Crippen LogP contribution in [0, 0.1) is 0 Å². The first-order valence-corrected chi connectivity index (χ1v) is 13.0. The lowest BCUT2D eigenvalue weighted by Gasteiger charge is -2.02. The van der Waals surface area contributed by atoms with E-state index in [2.05, 4.69) is 52.1 Å². The average Bonchev–Trinajstić information content (AvgIpc) is 3.31. The summed E-state index contributed by atoms with van der Waals surface area (Å²) in [4.78, 5) is 0.341. The molecule has 1 heterocycles. The van der Waals surface area contributed by atoms with Gasteiger partial charge in [-0.2, -0.15) is 5.21 Å². The number of allylic oxidation sites excluding steroid dienone is 3. The van der Waals surface area contributed by atoms with Gasteiger partial charge in [-0.15, -0.1) is 23.4 Å². The Morgan fingerprint density at radius 1 is 1.12 bits per heavy atom. The van der Waals surface area contributed by atoms with E-state index in [0.717, 1.165) is 0 Å². The lowest BCUT2D eigenvalue weighted by Crippen LogP contribution is -2.17. The van der Waals surface area contributed by atoms with E-state index < -0.39 is 9.84 Å². The highest BCUT2D eigenvalue weighted by Gasteiger charge is 2.14. The Kier molecular flexibility index (Phi) is 26.9. The molecule has 0 fully saturated rings. The van der Waals surface area contributed by atoms with Gasteiger partial charge in [-0.05, 0) is 52.1 Å². The van der Waals surface area contributed by atoms with E-state index in [1.165, 1.54) is 11.8 Å². The number of aromatic nitrogens is 4. The van der Waals surface area contributed by atoms with Gasteiger partial charge in [0, 0.05) is 11.8 Å². The zero-order valence-electron chi connectivity index (χ0n) is 20.6. The molecule has 1 aromatic heterocycles. The summed E-state index contributed by atoms with van der Waals surface area (Å²) in [5.41, 5.74) is 0. The summed E-state index contributed by atoms with van der Waals surface area (Å²) in [6.07, 6.45) is 7.65. The van der Waals surface area contributed by atoms with Crippen molar-refractivity contribution in [3.05, 3.63) is 67.8 Å². The fourth-order valence-electron chi connectivity index (χ4n) is 1.59. The summed E-state index contributed by atoms with van der Waals surface area (Å²) in [6, 6.07) is 8.90. The van der Waals surface area contributed by atoms with Gasteiger partial charge in [0.15, 0.2) is 9.84 Å². The maximum atomic E-state index is 11.9. The number of thioether (sulfide) groups is 1. The van der Waals surface area contributed by atoms with Gasteiger partial charge in [0.2, 0.25) is 5.16 Å². The van der Waals surface area contributed by atoms with Crippen LogP contribution in [0.2, 0.25) is 0 Å². The molecule has 2 aromatic rings. The summed E-state index contributed by atoms with van der Waals surface area (Å²) in [5, 5.41) is 16.7. The maximum Gasteiger partial charge on any atom is 0.230 e. The van der Waals surface area contributed by atoms with Crippen molar-refractivity contribution in [3.8, 4) is 0 Å². The van der Waals surface area contributed by atoms with Crippen LogP contribution >= 0.6 is 11.8 Å². The van der Waals surface area contributed by atoms with Crippen LogP contribution in [0.15, 0.2) is 77.8 Å². The van der Waals surface area contributed by atoms with E-state index in [1.54, 1.807) is 42.5 Å². The van der Waals surface area contributed by atoms with E-state index in [1.807, 2.05) is 47.7 Å². The highest BCUT2D eigenvalue weighted by Crippen LogP contribution is 2.15. The minimum atomic E-state index is -3.22. The minimum Gasteiger partial charge on any atom is -0.314 e. The summed E-state index contributed by atoms with van der Waals surface area (Å²) in [5.74, 6) is 0.451. The fourth-order valence-corrected chi connectivity index (χ4v) is 3.99. The molecule has 0 aliphatic carbocycles. The number of likely N-dealkylation sites (N-methyl/N-ethyl adjacent to an activating group) is 1. The molecule has 9 heteroatoms. The van der Waals surface area contributed by atoms with E-state index in [0.29, 0.717) is 21.8 Å². The second-order valence-corrected chi connectivity index (χ2v) is 8.77. The SMILES string of the molecule is C/C=C\C(C)NC.C=CC.C=CC.CC.O=S(=O)(CCSc1nn[nH]n1)c1ccccc1. The molecule has 7 nitrogen and oxygen atoms in total. The van der Waals surface area contributed by atoms with Crippen molar-refractivity contribution in [2.75, 3.05) is 18.6 Å². The third-order valence-corrected chi connectivity index (χ3v) is 5.78. The normalized spacial score (nSPS) is 10.5. The Bertz CT molecular complexity index is 772. The van der Waals surface area contributed by atoms with Crippen molar-refractivity contribution >= 4 is 21.6 Å². The molecule has 0 saturated heterocycles. The van der Waals surface area contributed by atoms with Gasteiger partial charge >= 0.3 is 0 Å². The van der Waals surface area contributed by atoms with Crippen molar-refractivity contribution in [3.63, 3.8) is 0 Å². The van der Waals surface area contributed by atoms with Gasteiger partial charge < -0.3 is 5.32 Å². The molecular formula is C23H41N5O2S2. The maximum absolute atomic E-state index is 11.9. The third kappa shape index (κ3) is 21.0. The largest absolute Gasteiger partial charge is 0.314 e. The highest BCUT2D eigenvalue weighted by molar-refractivity contribution is 8.00. The second-order valence-electron chi connectivity index (χ2n) is 5.59. The summed E-state index contributed by atoms with van der Waals surface area (Å²) >= 11 is 1.25. The number of sulfone groups is 1. The number of H-pyrrole nitrogens is 1. The molecule has 0 amide bonds. The minimum absolute atomic E-state index is 0.0518. The van der Waals surface area contributed by atoms with Gasteiger partial charge in [-0.25, -0.2) is 8.42 Å². The summed E-state index contributed by atoms with van der Waals surface area (Å²) in [7, 11) is -1.27. The van der Waals surface area contributed by atoms with E-state index in [-0.39, 0.29) is 5.75 Å². The van der Waals surface area contributed by atoms with Gasteiger partial charge in [0.1, 0.15) is 0 Å². The summed E-state index contributed by atoms with van der Waals surface area (Å²) in [6.45, 7) is 18.6. The molecule has 1 atom stereocenters. The Morgan fingerprint density at radius 3 is 2.03 bits per heavy atom. The first-order chi connectivity index (χ1) is 15.3. The fraction of sp³-hybridized carbons (Fsp3) is 0.435. The van der Waals surface area contributed by atoms with Crippen LogP contribution in [0.3, 0.4) is 0 Å². The predicted molar refractivity (Wildman–Crippen MR) is 140 cm³/mol. The number of hydrogen-bond donors (Lipinski definition) is 2. The van der Waals surface area contributed by atoms with Gasteiger partial charge in [-0.3, -0.25) is 0 Å². The Labute approximate surface area is 199 Å². The van der Waals surface area contributed by atoms with E-state index >= 15 is 0 Å². The Hall–Kier alpha value is -2.23. The lowest BCUT2D eigenvalue weighted by atomic mass is 10.3. The first-order valence-electron chi connectivity index (χ1n) is 10.4. The molecule has 0 aliphatic rings. The van der Waals surface area contributed by atoms with Crippen molar-refractivity contribution < 1.29 is 8.42 Å². The van der Waals surface area contributed by atoms with Crippen LogP contribution in [0.25, 0.3) is 0 Å². The zero-order valence-corrected chi connectivity index (χ0v) is 22.2. The van der Waals surface area contributed by atoms with Gasteiger partial charge in [-0.1, -0.05) is 68.1 Å².